The number of urea groups is 1. The van der Waals surface area contributed by atoms with Gasteiger partial charge in [-0.1, -0.05) is 6.07 Å². The number of likely N-dealkylation sites (N-methyl/N-ethyl adjacent to an activating group) is 1. The number of hydrogen-bond acceptors (Lipinski definition) is 3. The Morgan fingerprint density at radius 3 is 2.74 bits per heavy atom. The molecular formula is C13H18N2O3S. The fourth-order valence-electron chi connectivity index (χ4n) is 1.93. The van der Waals surface area contributed by atoms with Crippen LogP contribution in [0.4, 0.5) is 4.79 Å². The Kier molecular flexibility index (Phi) is 4.42. The molecule has 1 aliphatic carbocycles. The van der Waals surface area contributed by atoms with Crippen LogP contribution in [0.5, 0.6) is 0 Å². The van der Waals surface area contributed by atoms with Gasteiger partial charge in [-0.25, -0.2) is 4.79 Å². The van der Waals surface area contributed by atoms with Crippen LogP contribution in [-0.2, 0) is 11.2 Å². The molecule has 0 aliphatic heterocycles. The summed E-state index contributed by atoms with van der Waals surface area (Å²) >= 11 is 1.67. The normalized spacial score (nSPS) is 14.2. The van der Waals surface area contributed by atoms with Gasteiger partial charge in [0.25, 0.3) is 0 Å². The van der Waals surface area contributed by atoms with Crippen molar-refractivity contribution in [3.8, 4) is 0 Å². The summed E-state index contributed by atoms with van der Waals surface area (Å²) in [5.74, 6) is -0.952. The van der Waals surface area contributed by atoms with E-state index < -0.39 is 5.97 Å². The van der Waals surface area contributed by atoms with E-state index in [0.29, 0.717) is 6.54 Å². The Balaban J connectivity index is 1.87. The third-order valence-corrected chi connectivity index (χ3v) is 4.08. The molecule has 2 rings (SSSR count). The molecule has 1 aromatic heterocycles. The maximum Gasteiger partial charge on any atom is 0.323 e. The lowest BCUT2D eigenvalue weighted by Crippen LogP contribution is -2.45. The van der Waals surface area contributed by atoms with Crippen molar-refractivity contribution in [1.29, 1.82) is 0 Å². The SMILES string of the molecule is CN(CCc1cccs1)C(=O)N(CC(=O)O)C1CC1. The van der Waals surface area contributed by atoms with E-state index in [-0.39, 0.29) is 18.6 Å². The highest BCUT2D eigenvalue weighted by Gasteiger charge is 2.35. The largest absolute Gasteiger partial charge is 0.480 e. The minimum absolute atomic E-state index is 0.118. The lowest BCUT2D eigenvalue weighted by Gasteiger charge is -2.26. The van der Waals surface area contributed by atoms with Crippen LogP contribution < -0.4 is 0 Å². The molecule has 1 fully saturated rings. The topological polar surface area (TPSA) is 60.9 Å². The highest BCUT2D eigenvalue weighted by Crippen LogP contribution is 2.27. The number of rotatable bonds is 6. The fourth-order valence-corrected chi connectivity index (χ4v) is 2.63. The molecule has 0 unspecified atom stereocenters. The molecular weight excluding hydrogens is 264 g/mol. The van der Waals surface area contributed by atoms with E-state index in [2.05, 4.69) is 0 Å². The number of carbonyl (C=O) groups is 2. The van der Waals surface area contributed by atoms with Gasteiger partial charge in [0.2, 0.25) is 0 Å². The standard InChI is InChI=1S/C13H18N2O3S/c1-14(7-6-11-3-2-8-19-11)13(18)15(9-12(16)17)10-4-5-10/h2-3,8,10H,4-7,9H2,1H3,(H,16,17). The average molecular weight is 282 g/mol. The van der Waals surface area contributed by atoms with Crippen LogP contribution in [0, 0.1) is 0 Å². The summed E-state index contributed by atoms with van der Waals surface area (Å²) in [4.78, 5) is 27.3. The van der Waals surface area contributed by atoms with E-state index in [1.54, 1.807) is 23.3 Å². The van der Waals surface area contributed by atoms with Gasteiger partial charge in [0.15, 0.2) is 0 Å². The van der Waals surface area contributed by atoms with Crippen LogP contribution >= 0.6 is 11.3 Å². The molecule has 1 saturated carbocycles. The molecule has 1 aliphatic rings. The third kappa shape index (κ3) is 3.96. The average Bonchev–Trinajstić information content (AvgIpc) is 3.08. The van der Waals surface area contributed by atoms with E-state index in [1.165, 1.54) is 9.78 Å². The van der Waals surface area contributed by atoms with E-state index in [1.807, 2.05) is 17.5 Å². The van der Waals surface area contributed by atoms with Crippen molar-refractivity contribution < 1.29 is 14.7 Å². The molecule has 1 heterocycles. The highest BCUT2D eigenvalue weighted by molar-refractivity contribution is 7.09. The molecule has 2 amide bonds. The lowest BCUT2D eigenvalue weighted by atomic mass is 10.3. The second-order valence-corrected chi connectivity index (χ2v) is 5.82. The van der Waals surface area contributed by atoms with E-state index in [4.69, 9.17) is 5.11 Å². The fraction of sp³-hybridized carbons (Fsp3) is 0.538. The summed E-state index contributed by atoms with van der Waals surface area (Å²) in [6.07, 6.45) is 2.64. The molecule has 0 aromatic carbocycles. The van der Waals surface area contributed by atoms with Crippen molar-refractivity contribution in [2.24, 2.45) is 0 Å². The number of nitrogens with zero attached hydrogens (tertiary/aromatic N) is 2. The zero-order valence-corrected chi connectivity index (χ0v) is 11.7. The van der Waals surface area contributed by atoms with Gasteiger partial charge in [-0.3, -0.25) is 4.79 Å². The first-order valence-electron chi connectivity index (χ1n) is 6.34. The molecule has 1 N–H and O–H groups in total. The Morgan fingerprint density at radius 2 is 2.21 bits per heavy atom. The maximum atomic E-state index is 12.2. The zero-order valence-electron chi connectivity index (χ0n) is 10.9. The monoisotopic (exact) mass is 282 g/mol. The molecule has 19 heavy (non-hydrogen) atoms. The second-order valence-electron chi connectivity index (χ2n) is 4.79. The molecule has 0 atom stereocenters. The Bertz CT molecular complexity index is 443. The van der Waals surface area contributed by atoms with Crippen molar-refractivity contribution in [2.45, 2.75) is 25.3 Å². The van der Waals surface area contributed by atoms with Gasteiger partial charge < -0.3 is 14.9 Å². The van der Waals surface area contributed by atoms with Gasteiger partial charge in [-0.15, -0.1) is 11.3 Å². The minimum Gasteiger partial charge on any atom is -0.480 e. The van der Waals surface area contributed by atoms with Gasteiger partial charge >= 0.3 is 12.0 Å². The molecule has 0 saturated heterocycles. The van der Waals surface area contributed by atoms with Crippen molar-refractivity contribution in [3.05, 3.63) is 22.4 Å². The van der Waals surface area contributed by atoms with Crippen molar-refractivity contribution in [1.82, 2.24) is 9.80 Å². The lowest BCUT2D eigenvalue weighted by molar-refractivity contribution is -0.137. The van der Waals surface area contributed by atoms with Crippen LogP contribution in [0.3, 0.4) is 0 Å². The zero-order chi connectivity index (χ0) is 13.8. The predicted octanol–water partition coefficient (Wildman–Crippen LogP) is 1.89. The summed E-state index contributed by atoms with van der Waals surface area (Å²) in [5, 5.41) is 10.9. The first kappa shape index (κ1) is 13.9. The number of thiophene rings is 1. The number of carbonyl (C=O) groups excluding carboxylic acids is 1. The summed E-state index contributed by atoms with van der Waals surface area (Å²) in [7, 11) is 1.73. The van der Waals surface area contributed by atoms with Gasteiger partial charge in [0, 0.05) is 24.5 Å². The molecule has 0 bridgehead atoms. The number of carboxylic acid groups (broad SMARTS) is 1. The predicted molar refractivity (Wildman–Crippen MR) is 73.4 cm³/mol. The summed E-state index contributed by atoms with van der Waals surface area (Å²) < 4.78 is 0. The van der Waals surface area contributed by atoms with E-state index in [9.17, 15) is 9.59 Å². The Morgan fingerprint density at radius 1 is 1.47 bits per heavy atom. The van der Waals surface area contributed by atoms with Crippen LogP contribution in [0.2, 0.25) is 0 Å². The second kappa shape index (κ2) is 6.06. The number of amides is 2. The van der Waals surface area contributed by atoms with Gasteiger partial charge in [-0.2, -0.15) is 0 Å². The Hall–Kier alpha value is -1.56. The first-order chi connectivity index (χ1) is 9.08. The quantitative estimate of drug-likeness (QED) is 0.866. The molecule has 0 spiro atoms. The molecule has 104 valence electrons. The third-order valence-electron chi connectivity index (χ3n) is 3.14. The van der Waals surface area contributed by atoms with Crippen LogP contribution in [0.1, 0.15) is 17.7 Å². The van der Waals surface area contributed by atoms with Gasteiger partial charge in [0.1, 0.15) is 6.54 Å². The van der Waals surface area contributed by atoms with Crippen LogP contribution in [0.15, 0.2) is 17.5 Å². The van der Waals surface area contributed by atoms with E-state index in [0.717, 1.165) is 19.3 Å². The van der Waals surface area contributed by atoms with Gasteiger partial charge in [-0.05, 0) is 30.7 Å². The van der Waals surface area contributed by atoms with Crippen LogP contribution in [-0.4, -0.2) is 53.1 Å². The summed E-state index contributed by atoms with van der Waals surface area (Å²) in [6.45, 7) is 0.412. The molecule has 0 radical (unpaired) electrons. The number of aliphatic carboxylic acids is 1. The maximum absolute atomic E-state index is 12.2. The Labute approximate surface area is 116 Å². The van der Waals surface area contributed by atoms with E-state index >= 15 is 0 Å². The molecule has 6 heteroatoms. The minimum atomic E-state index is -0.952. The van der Waals surface area contributed by atoms with Crippen LogP contribution in [0.25, 0.3) is 0 Å². The van der Waals surface area contributed by atoms with Gasteiger partial charge in [0.05, 0.1) is 0 Å². The number of hydrogen-bond donors (Lipinski definition) is 1. The first-order valence-corrected chi connectivity index (χ1v) is 7.22. The molecule has 1 aromatic rings. The smallest absolute Gasteiger partial charge is 0.323 e. The number of carboxylic acids is 1. The summed E-state index contributed by atoms with van der Waals surface area (Å²) in [5.41, 5.74) is 0. The van der Waals surface area contributed by atoms with Crippen molar-refractivity contribution in [3.63, 3.8) is 0 Å². The molecule has 5 nitrogen and oxygen atoms in total. The van der Waals surface area contributed by atoms with Crippen molar-refractivity contribution in [2.75, 3.05) is 20.1 Å². The van der Waals surface area contributed by atoms with Crippen molar-refractivity contribution >= 4 is 23.3 Å². The summed E-state index contributed by atoms with van der Waals surface area (Å²) in [6, 6.07) is 3.97. The highest BCUT2D eigenvalue weighted by atomic mass is 32.1.